The number of benzene rings is 1. The molecule has 0 spiro atoms. The summed E-state index contributed by atoms with van der Waals surface area (Å²) in [4.78, 5) is 2.74. The SMILES string of the molecule is CNCC1CCCN(C2CC2)C1c1ccc(Cl)c(Br)c1. The van der Waals surface area contributed by atoms with Gasteiger partial charge in [0.05, 0.1) is 5.02 Å². The monoisotopic (exact) mass is 356 g/mol. The van der Waals surface area contributed by atoms with Crippen LogP contribution >= 0.6 is 27.5 Å². The van der Waals surface area contributed by atoms with E-state index in [1.165, 1.54) is 37.8 Å². The molecule has 0 radical (unpaired) electrons. The van der Waals surface area contributed by atoms with E-state index in [1.807, 2.05) is 6.07 Å². The van der Waals surface area contributed by atoms with E-state index in [9.17, 15) is 0 Å². The van der Waals surface area contributed by atoms with Crippen molar-refractivity contribution >= 4 is 27.5 Å². The summed E-state index contributed by atoms with van der Waals surface area (Å²) in [5, 5.41) is 4.18. The Morgan fingerprint density at radius 1 is 1.35 bits per heavy atom. The summed E-state index contributed by atoms with van der Waals surface area (Å²) in [5.74, 6) is 0.697. The van der Waals surface area contributed by atoms with Crippen LogP contribution in [0.5, 0.6) is 0 Å². The Labute approximate surface area is 135 Å². The topological polar surface area (TPSA) is 15.3 Å². The molecule has 1 aliphatic heterocycles. The van der Waals surface area contributed by atoms with Gasteiger partial charge in [-0.15, -0.1) is 0 Å². The molecule has 1 aromatic carbocycles. The van der Waals surface area contributed by atoms with E-state index in [2.05, 4.69) is 45.3 Å². The lowest BCUT2D eigenvalue weighted by atomic mass is 9.84. The Bertz CT molecular complexity index is 474. The minimum Gasteiger partial charge on any atom is -0.319 e. The molecule has 3 rings (SSSR count). The van der Waals surface area contributed by atoms with Crippen molar-refractivity contribution in [3.05, 3.63) is 33.3 Å². The zero-order chi connectivity index (χ0) is 14.1. The average Bonchev–Trinajstić information content (AvgIpc) is 3.27. The molecule has 0 bridgehead atoms. The normalized spacial score (nSPS) is 27.8. The van der Waals surface area contributed by atoms with Gasteiger partial charge in [0.15, 0.2) is 0 Å². The molecule has 0 aromatic heterocycles. The molecule has 1 saturated carbocycles. The Kier molecular flexibility index (Phi) is 4.71. The minimum atomic E-state index is 0.539. The third-order valence-electron chi connectivity index (χ3n) is 4.56. The zero-order valence-electron chi connectivity index (χ0n) is 11.9. The smallest absolute Gasteiger partial charge is 0.0548 e. The van der Waals surface area contributed by atoms with Crippen LogP contribution in [0.4, 0.5) is 0 Å². The fraction of sp³-hybridized carbons (Fsp3) is 0.625. The van der Waals surface area contributed by atoms with Gasteiger partial charge >= 0.3 is 0 Å². The van der Waals surface area contributed by atoms with E-state index in [0.717, 1.165) is 22.1 Å². The first-order chi connectivity index (χ1) is 9.70. The summed E-state index contributed by atoms with van der Waals surface area (Å²) in [5.41, 5.74) is 1.41. The third kappa shape index (κ3) is 3.06. The van der Waals surface area contributed by atoms with Crippen LogP contribution in [0.25, 0.3) is 0 Å². The van der Waals surface area contributed by atoms with Crippen LogP contribution in [0.1, 0.15) is 37.3 Å². The highest BCUT2D eigenvalue weighted by Gasteiger charge is 2.40. The highest BCUT2D eigenvalue weighted by Crippen LogP contribution is 2.43. The van der Waals surface area contributed by atoms with Crippen molar-refractivity contribution < 1.29 is 0 Å². The standard InChI is InChI=1S/C16H22BrClN2/c1-19-10-12-3-2-8-20(13-5-6-13)16(12)11-4-7-15(18)14(17)9-11/h4,7,9,12-13,16,19H,2-3,5-6,8,10H2,1H3. The summed E-state index contributed by atoms with van der Waals surface area (Å²) in [6.45, 7) is 2.34. The van der Waals surface area contributed by atoms with Crippen molar-refractivity contribution in [3.63, 3.8) is 0 Å². The molecule has 4 heteroatoms. The van der Waals surface area contributed by atoms with Crippen LogP contribution in [0.15, 0.2) is 22.7 Å². The highest BCUT2D eigenvalue weighted by molar-refractivity contribution is 9.10. The Balaban J connectivity index is 1.91. The molecular formula is C16H22BrClN2. The molecule has 1 heterocycles. The third-order valence-corrected chi connectivity index (χ3v) is 5.78. The molecule has 2 nitrogen and oxygen atoms in total. The van der Waals surface area contributed by atoms with Crippen molar-refractivity contribution in [2.45, 2.75) is 37.8 Å². The van der Waals surface area contributed by atoms with E-state index in [1.54, 1.807) is 0 Å². The first-order valence-electron chi connectivity index (χ1n) is 7.56. The quantitative estimate of drug-likeness (QED) is 0.867. The number of halogens is 2. The van der Waals surface area contributed by atoms with Gasteiger partial charge < -0.3 is 5.32 Å². The number of hydrogen-bond donors (Lipinski definition) is 1. The van der Waals surface area contributed by atoms with Gasteiger partial charge in [0.2, 0.25) is 0 Å². The second kappa shape index (κ2) is 6.35. The van der Waals surface area contributed by atoms with Crippen LogP contribution in [0, 0.1) is 5.92 Å². The van der Waals surface area contributed by atoms with E-state index in [0.29, 0.717) is 12.0 Å². The first-order valence-corrected chi connectivity index (χ1v) is 8.73. The number of rotatable bonds is 4. The van der Waals surface area contributed by atoms with Gasteiger partial charge in [0.1, 0.15) is 0 Å². The maximum Gasteiger partial charge on any atom is 0.0548 e. The fourth-order valence-corrected chi connectivity index (χ4v) is 4.07. The number of nitrogens with zero attached hydrogens (tertiary/aromatic N) is 1. The van der Waals surface area contributed by atoms with Crippen LogP contribution < -0.4 is 5.32 Å². The fourth-order valence-electron chi connectivity index (χ4n) is 3.56. The van der Waals surface area contributed by atoms with Gasteiger partial charge in [-0.1, -0.05) is 17.7 Å². The molecule has 1 aliphatic carbocycles. The lowest BCUT2D eigenvalue weighted by molar-refractivity contribution is 0.0845. The molecule has 1 saturated heterocycles. The Morgan fingerprint density at radius 3 is 2.80 bits per heavy atom. The van der Waals surface area contributed by atoms with Gasteiger partial charge in [-0.05, 0) is 85.4 Å². The van der Waals surface area contributed by atoms with Crippen LogP contribution in [-0.4, -0.2) is 31.1 Å². The van der Waals surface area contributed by atoms with Gasteiger partial charge in [-0.25, -0.2) is 0 Å². The van der Waals surface area contributed by atoms with E-state index < -0.39 is 0 Å². The van der Waals surface area contributed by atoms with E-state index >= 15 is 0 Å². The van der Waals surface area contributed by atoms with Crippen LogP contribution in [0.2, 0.25) is 5.02 Å². The zero-order valence-corrected chi connectivity index (χ0v) is 14.3. The predicted molar refractivity (Wildman–Crippen MR) is 88.3 cm³/mol. The van der Waals surface area contributed by atoms with Gasteiger partial charge in [0.25, 0.3) is 0 Å². The summed E-state index contributed by atoms with van der Waals surface area (Å²) in [6.07, 6.45) is 5.39. The predicted octanol–water partition coefficient (Wildman–Crippen LogP) is 4.24. The number of piperidine rings is 1. The molecule has 110 valence electrons. The molecular weight excluding hydrogens is 336 g/mol. The van der Waals surface area contributed by atoms with Gasteiger partial charge in [-0.2, -0.15) is 0 Å². The molecule has 1 aromatic rings. The Hall–Kier alpha value is -0.0900. The highest BCUT2D eigenvalue weighted by atomic mass is 79.9. The minimum absolute atomic E-state index is 0.539. The van der Waals surface area contributed by atoms with Crippen LogP contribution in [0.3, 0.4) is 0 Å². The second-order valence-electron chi connectivity index (χ2n) is 6.05. The molecule has 2 aliphatic rings. The van der Waals surface area contributed by atoms with E-state index in [-0.39, 0.29) is 0 Å². The number of hydrogen-bond acceptors (Lipinski definition) is 2. The van der Waals surface area contributed by atoms with Crippen molar-refractivity contribution in [1.29, 1.82) is 0 Å². The summed E-state index contributed by atoms with van der Waals surface area (Å²) in [6, 6.07) is 7.81. The van der Waals surface area contributed by atoms with Crippen molar-refractivity contribution in [2.75, 3.05) is 20.1 Å². The van der Waals surface area contributed by atoms with Crippen molar-refractivity contribution in [2.24, 2.45) is 5.92 Å². The second-order valence-corrected chi connectivity index (χ2v) is 7.31. The molecule has 2 unspecified atom stereocenters. The lowest BCUT2D eigenvalue weighted by Gasteiger charge is -2.42. The average molecular weight is 358 g/mol. The Morgan fingerprint density at radius 2 is 2.15 bits per heavy atom. The molecule has 20 heavy (non-hydrogen) atoms. The van der Waals surface area contributed by atoms with Gasteiger partial charge in [0, 0.05) is 16.6 Å². The van der Waals surface area contributed by atoms with Crippen LogP contribution in [-0.2, 0) is 0 Å². The maximum atomic E-state index is 6.16. The summed E-state index contributed by atoms with van der Waals surface area (Å²) in [7, 11) is 2.06. The largest absolute Gasteiger partial charge is 0.319 e. The molecule has 2 atom stereocenters. The summed E-state index contributed by atoms with van der Waals surface area (Å²) >= 11 is 9.73. The number of likely N-dealkylation sites (tertiary alicyclic amines) is 1. The molecule has 0 amide bonds. The molecule has 2 fully saturated rings. The van der Waals surface area contributed by atoms with Crippen molar-refractivity contribution in [3.8, 4) is 0 Å². The van der Waals surface area contributed by atoms with Crippen molar-refractivity contribution in [1.82, 2.24) is 10.2 Å². The molecule has 1 N–H and O–H groups in total. The van der Waals surface area contributed by atoms with Gasteiger partial charge in [-0.3, -0.25) is 4.90 Å². The first kappa shape index (κ1) is 14.8. The number of nitrogens with one attached hydrogen (secondary N) is 1. The van der Waals surface area contributed by atoms with E-state index in [4.69, 9.17) is 11.6 Å². The summed E-state index contributed by atoms with van der Waals surface area (Å²) < 4.78 is 1.01. The maximum absolute atomic E-state index is 6.16. The lowest BCUT2D eigenvalue weighted by Crippen LogP contribution is -2.43.